The third-order valence-corrected chi connectivity index (χ3v) is 3.71. The van der Waals surface area contributed by atoms with Gasteiger partial charge in [0.1, 0.15) is 5.75 Å². The van der Waals surface area contributed by atoms with Crippen LogP contribution >= 0.6 is 31.9 Å². The lowest BCUT2D eigenvalue weighted by atomic mass is 10.2. The summed E-state index contributed by atoms with van der Waals surface area (Å²) in [5.41, 5.74) is 0.531. The fraction of sp³-hybridized carbons (Fsp3) is 0.462. The van der Waals surface area contributed by atoms with Crippen LogP contribution in [0.4, 0.5) is 0 Å². The van der Waals surface area contributed by atoms with Gasteiger partial charge < -0.3 is 14.8 Å². The number of alkyl halides is 1. The van der Waals surface area contributed by atoms with E-state index in [1.54, 1.807) is 26.4 Å². The molecular formula is C13H17Br2NO3. The summed E-state index contributed by atoms with van der Waals surface area (Å²) in [6.07, 6.45) is 0.804. The lowest BCUT2D eigenvalue weighted by Gasteiger charge is -2.11. The lowest BCUT2D eigenvalue weighted by molar-refractivity contribution is 0.0949. The summed E-state index contributed by atoms with van der Waals surface area (Å²) in [5, 5.41) is 2.86. The van der Waals surface area contributed by atoms with Gasteiger partial charge in [-0.05, 0) is 24.6 Å². The van der Waals surface area contributed by atoms with E-state index in [9.17, 15) is 4.79 Å². The minimum absolute atomic E-state index is 0.138. The topological polar surface area (TPSA) is 47.6 Å². The molecule has 1 N–H and O–H groups in total. The molecule has 4 nitrogen and oxygen atoms in total. The van der Waals surface area contributed by atoms with Crippen molar-refractivity contribution in [3.63, 3.8) is 0 Å². The van der Waals surface area contributed by atoms with E-state index in [-0.39, 0.29) is 10.7 Å². The average molecular weight is 395 g/mol. The number of carbonyl (C=O) groups excluding carboxylic acids is 1. The SMILES string of the molecule is COCC(Br)CCNC(=O)c1ccc(Br)cc1OC. The Hall–Kier alpha value is -0.590. The standard InChI is InChI=1S/C13H17Br2NO3/c1-18-8-10(15)5-6-16-13(17)11-4-3-9(14)7-12(11)19-2/h3-4,7,10H,5-6,8H2,1-2H3,(H,16,17). The van der Waals surface area contributed by atoms with Gasteiger partial charge in [-0.2, -0.15) is 0 Å². The average Bonchev–Trinajstić information content (AvgIpc) is 2.38. The minimum atomic E-state index is -0.138. The van der Waals surface area contributed by atoms with Gasteiger partial charge in [-0.3, -0.25) is 4.79 Å². The summed E-state index contributed by atoms with van der Waals surface area (Å²) < 4.78 is 11.1. The molecule has 0 aliphatic heterocycles. The van der Waals surface area contributed by atoms with Gasteiger partial charge in [0.25, 0.3) is 5.91 Å². The number of rotatable bonds is 7. The molecule has 1 atom stereocenters. The largest absolute Gasteiger partial charge is 0.496 e. The van der Waals surface area contributed by atoms with Gasteiger partial charge in [-0.15, -0.1) is 0 Å². The highest BCUT2D eigenvalue weighted by Crippen LogP contribution is 2.23. The van der Waals surface area contributed by atoms with Crippen LogP contribution < -0.4 is 10.1 Å². The van der Waals surface area contributed by atoms with Crippen LogP contribution in [0.1, 0.15) is 16.8 Å². The number of hydrogen-bond acceptors (Lipinski definition) is 3. The van der Waals surface area contributed by atoms with E-state index in [0.717, 1.165) is 10.9 Å². The normalized spacial score (nSPS) is 12.0. The molecule has 0 aliphatic carbocycles. The van der Waals surface area contributed by atoms with Crippen LogP contribution in [0.3, 0.4) is 0 Å². The molecule has 1 unspecified atom stereocenters. The van der Waals surface area contributed by atoms with Crippen molar-refractivity contribution in [2.24, 2.45) is 0 Å². The van der Waals surface area contributed by atoms with E-state index in [4.69, 9.17) is 9.47 Å². The number of nitrogens with one attached hydrogen (secondary N) is 1. The Morgan fingerprint density at radius 2 is 2.16 bits per heavy atom. The lowest BCUT2D eigenvalue weighted by Crippen LogP contribution is -2.27. The Labute approximate surface area is 130 Å². The van der Waals surface area contributed by atoms with Gasteiger partial charge in [0.15, 0.2) is 0 Å². The summed E-state index contributed by atoms with van der Waals surface area (Å²) in [6, 6.07) is 5.32. The maximum absolute atomic E-state index is 12.0. The molecule has 0 saturated carbocycles. The van der Waals surface area contributed by atoms with E-state index in [1.165, 1.54) is 0 Å². The number of hydrogen-bond donors (Lipinski definition) is 1. The summed E-state index contributed by atoms with van der Waals surface area (Å²) in [5.74, 6) is 0.417. The van der Waals surface area contributed by atoms with Gasteiger partial charge in [0.2, 0.25) is 0 Å². The van der Waals surface area contributed by atoms with Crippen LogP contribution in [0.5, 0.6) is 5.75 Å². The fourth-order valence-corrected chi connectivity index (χ4v) is 2.39. The van der Waals surface area contributed by atoms with Crippen molar-refractivity contribution in [1.29, 1.82) is 0 Å². The van der Waals surface area contributed by atoms with Crippen molar-refractivity contribution in [1.82, 2.24) is 5.32 Å². The molecule has 0 saturated heterocycles. The molecule has 1 amide bonds. The molecule has 0 heterocycles. The molecular weight excluding hydrogens is 378 g/mol. The monoisotopic (exact) mass is 393 g/mol. The van der Waals surface area contributed by atoms with Gasteiger partial charge in [0, 0.05) is 23.0 Å². The molecule has 1 aromatic rings. The molecule has 0 aromatic heterocycles. The second kappa shape index (κ2) is 8.55. The first-order valence-corrected chi connectivity index (χ1v) is 7.54. The second-order valence-corrected chi connectivity index (χ2v) is 6.15. The van der Waals surface area contributed by atoms with E-state index in [0.29, 0.717) is 24.5 Å². The number of amides is 1. The van der Waals surface area contributed by atoms with Crippen molar-refractivity contribution >= 4 is 37.8 Å². The van der Waals surface area contributed by atoms with E-state index in [2.05, 4.69) is 37.2 Å². The van der Waals surface area contributed by atoms with Crippen LogP contribution in [0.15, 0.2) is 22.7 Å². The van der Waals surface area contributed by atoms with E-state index < -0.39 is 0 Å². The number of methoxy groups -OCH3 is 2. The van der Waals surface area contributed by atoms with Crippen molar-refractivity contribution in [2.75, 3.05) is 27.4 Å². The quantitative estimate of drug-likeness (QED) is 0.723. The first-order chi connectivity index (χ1) is 9.08. The molecule has 0 fully saturated rings. The maximum atomic E-state index is 12.0. The summed E-state index contributed by atoms with van der Waals surface area (Å²) in [6.45, 7) is 1.20. The highest BCUT2D eigenvalue weighted by Gasteiger charge is 2.12. The van der Waals surface area contributed by atoms with Crippen LogP contribution in [0.25, 0.3) is 0 Å². The molecule has 1 rings (SSSR count). The fourth-order valence-electron chi connectivity index (χ4n) is 1.55. The number of carbonyl (C=O) groups is 1. The first kappa shape index (κ1) is 16.5. The van der Waals surface area contributed by atoms with Gasteiger partial charge in [-0.1, -0.05) is 31.9 Å². The predicted molar refractivity (Wildman–Crippen MR) is 82.2 cm³/mol. The Kier molecular flexibility index (Phi) is 7.41. The molecule has 0 bridgehead atoms. The van der Waals surface area contributed by atoms with Crippen molar-refractivity contribution in [3.05, 3.63) is 28.2 Å². The Balaban J connectivity index is 2.54. The van der Waals surface area contributed by atoms with Crippen LogP contribution in [0, 0.1) is 0 Å². The highest BCUT2D eigenvalue weighted by atomic mass is 79.9. The second-order valence-electron chi connectivity index (χ2n) is 3.94. The number of benzene rings is 1. The Morgan fingerprint density at radius 3 is 2.79 bits per heavy atom. The molecule has 6 heteroatoms. The van der Waals surface area contributed by atoms with Gasteiger partial charge >= 0.3 is 0 Å². The smallest absolute Gasteiger partial charge is 0.255 e. The van der Waals surface area contributed by atoms with Crippen LogP contribution in [-0.4, -0.2) is 38.1 Å². The van der Waals surface area contributed by atoms with Crippen LogP contribution in [0.2, 0.25) is 0 Å². The van der Waals surface area contributed by atoms with Gasteiger partial charge in [0.05, 0.1) is 19.3 Å². The molecule has 0 spiro atoms. The Bertz CT molecular complexity index is 426. The highest BCUT2D eigenvalue weighted by molar-refractivity contribution is 9.10. The summed E-state index contributed by atoms with van der Waals surface area (Å²) >= 11 is 6.82. The van der Waals surface area contributed by atoms with Crippen molar-refractivity contribution in [3.8, 4) is 5.75 Å². The zero-order chi connectivity index (χ0) is 14.3. The zero-order valence-corrected chi connectivity index (χ0v) is 14.1. The molecule has 1 aromatic carbocycles. The molecule has 0 radical (unpaired) electrons. The maximum Gasteiger partial charge on any atom is 0.255 e. The van der Waals surface area contributed by atoms with E-state index >= 15 is 0 Å². The third-order valence-electron chi connectivity index (χ3n) is 2.50. The number of halogens is 2. The molecule has 19 heavy (non-hydrogen) atoms. The van der Waals surface area contributed by atoms with Gasteiger partial charge in [-0.25, -0.2) is 0 Å². The predicted octanol–water partition coefficient (Wildman–Crippen LogP) is 2.99. The van der Waals surface area contributed by atoms with Crippen molar-refractivity contribution < 1.29 is 14.3 Å². The first-order valence-electron chi connectivity index (χ1n) is 5.83. The summed E-state index contributed by atoms with van der Waals surface area (Å²) in [7, 11) is 3.20. The third kappa shape index (κ3) is 5.50. The number of ether oxygens (including phenoxy) is 2. The molecule has 106 valence electrons. The molecule has 0 aliphatic rings. The minimum Gasteiger partial charge on any atom is -0.496 e. The van der Waals surface area contributed by atoms with Crippen molar-refractivity contribution in [2.45, 2.75) is 11.2 Å². The Morgan fingerprint density at radius 1 is 1.42 bits per heavy atom. The van der Waals surface area contributed by atoms with Crippen LogP contribution in [-0.2, 0) is 4.74 Å². The van der Waals surface area contributed by atoms with E-state index in [1.807, 2.05) is 6.07 Å². The summed E-state index contributed by atoms with van der Waals surface area (Å²) in [4.78, 5) is 12.3. The zero-order valence-electron chi connectivity index (χ0n) is 10.9.